The zero-order chi connectivity index (χ0) is 22.1. The SMILES string of the molecule is O=C(Nc1ccc(C(=O)O)cc1)/C(=C\C=C\c1ccccc1)NC(=O)c1ccccc1. The van der Waals surface area contributed by atoms with Gasteiger partial charge in [0.1, 0.15) is 5.70 Å². The molecule has 0 saturated heterocycles. The molecule has 3 rings (SSSR count). The van der Waals surface area contributed by atoms with Crippen LogP contribution in [-0.4, -0.2) is 22.9 Å². The zero-order valence-electron chi connectivity index (χ0n) is 16.5. The summed E-state index contributed by atoms with van der Waals surface area (Å²) >= 11 is 0. The molecule has 0 radical (unpaired) electrons. The molecule has 3 aromatic rings. The second-order valence-electron chi connectivity index (χ2n) is 6.51. The third kappa shape index (κ3) is 6.27. The van der Waals surface area contributed by atoms with Gasteiger partial charge >= 0.3 is 5.97 Å². The highest BCUT2D eigenvalue weighted by Crippen LogP contribution is 2.11. The van der Waals surface area contributed by atoms with Crippen molar-refractivity contribution in [1.29, 1.82) is 0 Å². The van der Waals surface area contributed by atoms with E-state index in [-0.39, 0.29) is 11.3 Å². The predicted molar refractivity (Wildman–Crippen MR) is 119 cm³/mol. The number of aromatic carboxylic acids is 1. The van der Waals surface area contributed by atoms with Crippen LogP contribution in [0.1, 0.15) is 26.3 Å². The molecule has 2 amide bonds. The molecule has 0 unspecified atom stereocenters. The normalized spacial score (nSPS) is 11.2. The molecule has 0 aliphatic rings. The van der Waals surface area contributed by atoms with E-state index in [0.717, 1.165) is 5.56 Å². The number of anilines is 1. The monoisotopic (exact) mass is 412 g/mol. The Morgan fingerprint density at radius 2 is 1.35 bits per heavy atom. The summed E-state index contributed by atoms with van der Waals surface area (Å²) in [4.78, 5) is 36.3. The molecule has 0 aliphatic carbocycles. The maximum absolute atomic E-state index is 12.8. The second kappa shape index (κ2) is 10.4. The minimum absolute atomic E-state index is 0.0448. The van der Waals surface area contributed by atoms with E-state index in [0.29, 0.717) is 11.3 Å². The van der Waals surface area contributed by atoms with E-state index in [2.05, 4.69) is 10.6 Å². The van der Waals surface area contributed by atoms with Gasteiger partial charge in [0.25, 0.3) is 11.8 Å². The van der Waals surface area contributed by atoms with Crippen molar-refractivity contribution in [2.24, 2.45) is 0 Å². The largest absolute Gasteiger partial charge is 0.478 e. The van der Waals surface area contributed by atoms with Crippen LogP contribution in [0.2, 0.25) is 0 Å². The van der Waals surface area contributed by atoms with Crippen LogP contribution in [0.25, 0.3) is 6.08 Å². The molecule has 0 spiro atoms. The van der Waals surface area contributed by atoms with Crippen molar-refractivity contribution in [2.75, 3.05) is 5.32 Å². The molecule has 0 aliphatic heterocycles. The summed E-state index contributed by atoms with van der Waals surface area (Å²) in [5, 5.41) is 14.3. The Labute approximate surface area is 179 Å². The average Bonchev–Trinajstić information content (AvgIpc) is 2.80. The van der Waals surface area contributed by atoms with Crippen molar-refractivity contribution in [3.63, 3.8) is 0 Å². The number of hydrogen-bond acceptors (Lipinski definition) is 3. The number of carboxylic acids is 1. The summed E-state index contributed by atoms with van der Waals surface area (Å²) in [6.07, 6.45) is 4.99. The number of carbonyl (C=O) groups excluding carboxylic acids is 2. The predicted octanol–water partition coefficient (Wildman–Crippen LogP) is 4.35. The van der Waals surface area contributed by atoms with Crippen molar-refractivity contribution in [3.8, 4) is 0 Å². The summed E-state index contributed by atoms with van der Waals surface area (Å²) in [7, 11) is 0. The Kier molecular flexibility index (Phi) is 7.11. The molecule has 0 aromatic heterocycles. The summed E-state index contributed by atoms with van der Waals surface area (Å²) in [6, 6.07) is 23.8. The number of carbonyl (C=O) groups is 3. The fourth-order valence-electron chi connectivity index (χ4n) is 2.67. The molecule has 154 valence electrons. The Balaban J connectivity index is 1.80. The lowest BCUT2D eigenvalue weighted by atomic mass is 10.2. The van der Waals surface area contributed by atoms with Gasteiger partial charge in [0.05, 0.1) is 5.56 Å². The number of nitrogens with one attached hydrogen (secondary N) is 2. The third-order valence-corrected chi connectivity index (χ3v) is 4.27. The molecule has 0 fully saturated rings. The molecular weight excluding hydrogens is 392 g/mol. The topological polar surface area (TPSA) is 95.5 Å². The van der Waals surface area contributed by atoms with E-state index >= 15 is 0 Å². The van der Waals surface area contributed by atoms with Crippen molar-refractivity contribution in [1.82, 2.24) is 5.32 Å². The first-order valence-electron chi connectivity index (χ1n) is 9.47. The third-order valence-electron chi connectivity index (χ3n) is 4.27. The number of benzene rings is 3. The maximum Gasteiger partial charge on any atom is 0.335 e. The summed E-state index contributed by atoms with van der Waals surface area (Å²) in [6.45, 7) is 0. The van der Waals surface area contributed by atoms with E-state index < -0.39 is 17.8 Å². The molecule has 0 saturated carbocycles. The Hall–Kier alpha value is -4.45. The number of allylic oxidation sites excluding steroid dienone is 2. The fraction of sp³-hybridized carbons (Fsp3) is 0. The number of hydrogen-bond donors (Lipinski definition) is 3. The molecule has 31 heavy (non-hydrogen) atoms. The number of rotatable bonds is 7. The van der Waals surface area contributed by atoms with Crippen LogP contribution in [0.15, 0.2) is 103 Å². The minimum Gasteiger partial charge on any atom is -0.478 e. The second-order valence-corrected chi connectivity index (χ2v) is 6.51. The van der Waals surface area contributed by atoms with Crippen LogP contribution in [0.3, 0.4) is 0 Å². The smallest absolute Gasteiger partial charge is 0.335 e. The lowest BCUT2D eigenvalue weighted by Crippen LogP contribution is -2.30. The average molecular weight is 412 g/mol. The van der Waals surface area contributed by atoms with E-state index in [1.165, 1.54) is 30.3 Å². The standard InChI is InChI=1S/C25H20N2O4/c28-23(19-11-5-2-6-12-19)27-22(13-7-10-18-8-3-1-4-9-18)24(29)26-21-16-14-20(15-17-21)25(30)31/h1-17H,(H,26,29)(H,27,28)(H,30,31)/b10-7+,22-13+. The first-order valence-corrected chi connectivity index (χ1v) is 9.47. The van der Waals surface area contributed by atoms with Crippen molar-refractivity contribution < 1.29 is 19.5 Å². The van der Waals surface area contributed by atoms with Gasteiger partial charge in [-0.15, -0.1) is 0 Å². The molecule has 0 heterocycles. The highest BCUT2D eigenvalue weighted by atomic mass is 16.4. The minimum atomic E-state index is -1.06. The quantitative estimate of drug-likeness (QED) is 0.397. The van der Waals surface area contributed by atoms with Crippen LogP contribution in [0, 0.1) is 0 Å². The molecule has 3 aromatic carbocycles. The summed E-state index contributed by atoms with van der Waals surface area (Å²) in [5.74, 6) is -2.01. The Morgan fingerprint density at radius 1 is 0.742 bits per heavy atom. The van der Waals surface area contributed by atoms with Gasteiger partial charge in [-0.25, -0.2) is 4.79 Å². The molecule has 0 atom stereocenters. The molecule has 3 N–H and O–H groups in total. The fourth-order valence-corrected chi connectivity index (χ4v) is 2.67. The van der Waals surface area contributed by atoms with Crippen LogP contribution in [-0.2, 0) is 4.79 Å². The van der Waals surface area contributed by atoms with Gasteiger partial charge in [-0.3, -0.25) is 9.59 Å². The van der Waals surface area contributed by atoms with Gasteiger partial charge in [-0.1, -0.05) is 60.7 Å². The van der Waals surface area contributed by atoms with Crippen LogP contribution in [0.5, 0.6) is 0 Å². The Morgan fingerprint density at radius 3 is 1.97 bits per heavy atom. The van der Waals surface area contributed by atoms with Gasteiger partial charge in [0, 0.05) is 11.3 Å². The van der Waals surface area contributed by atoms with Crippen molar-refractivity contribution >= 4 is 29.5 Å². The van der Waals surface area contributed by atoms with Gasteiger partial charge in [0.2, 0.25) is 0 Å². The number of amides is 2. The first-order chi connectivity index (χ1) is 15.0. The zero-order valence-corrected chi connectivity index (χ0v) is 16.5. The molecule has 6 heteroatoms. The molecule has 6 nitrogen and oxygen atoms in total. The maximum atomic E-state index is 12.8. The van der Waals surface area contributed by atoms with E-state index in [1.54, 1.807) is 36.4 Å². The Bertz CT molecular complexity index is 1120. The lowest BCUT2D eigenvalue weighted by Gasteiger charge is -2.11. The van der Waals surface area contributed by atoms with Gasteiger partial charge in [-0.2, -0.15) is 0 Å². The van der Waals surface area contributed by atoms with Gasteiger partial charge < -0.3 is 15.7 Å². The van der Waals surface area contributed by atoms with Crippen LogP contribution < -0.4 is 10.6 Å². The highest BCUT2D eigenvalue weighted by Gasteiger charge is 2.14. The molecule has 0 bridgehead atoms. The lowest BCUT2D eigenvalue weighted by molar-refractivity contribution is -0.113. The first kappa shape index (κ1) is 21.3. The van der Waals surface area contributed by atoms with E-state index in [4.69, 9.17) is 5.11 Å². The van der Waals surface area contributed by atoms with E-state index in [9.17, 15) is 14.4 Å². The van der Waals surface area contributed by atoms with Crippen LogP contribution in [0.4, 0.5) is 5.69 Å². The van der Waals surface area contributed by atoms with Gasteiger partial charge in [-0.05, 0) is 48.0 Å². The summed E-state index contributed by atoms with van der Waals surface area (Å²) in [5.41, 5.74) is 1.92. The van der Waals surface area contributed by atoms with Gasteiger partial charge in [0.15, 0.2) is 0 Å². The number of carboxylic acid groups (broad SMARTS) is 1. The van der Waals surface area contributed by atoms with Crippen molar-refractivity contribution in [2.45, 2.75) is 0 Å². The van der Waals surface area contributed by atoms with Crippen LogP contribution >= 0.6 is 0 Å². The summed E-state index contributed by atoms with van der Waals surface area (Å²) < 4.78 is 0. The van der Waals surface area contributed by atoms with Crippen molar-refractivity contribution in [3.05, 3.63) is 119 Å². The molecular formula is C25H20N2O4. The highest BCUT2D eigenvalue weighted by molar-refractivity contribution is 6.08. The van der Waals surface area contributed by atoms with E-state index in [1.807, 2.05) is 36.4 Å².